The first-order valence-electron chi connectivity index (χ1n) is 14.4. The first-order chi connectivity index (χ1) is 21.9. The van der Waals surface area contributed by atoms with Crippen molar-refractivity contribution in [3.05, 3.63) is 101 Å². The van der Waals surface area contributed by atoms with Gasteiger partial charge < -0.3 is 19.6 Å². The number of halogens is 3. The lowest BCUT2D eigenvalue weighted by atomic mass is 9.92. The Morgan fingerprint density at radius 3 is 2.35 bits per heavy atom. The molecule has 1 fully saturated rings. The van der Waals surface area contributed by atoms with Crippen molar-refractivity contribution in [3.8, 4) is 5.75 Å². The van der Waals surface area contributed by atoms with Crippen molar-refractivity contribution in [3.63, 3.8) is 0 Å². The average molecular weight is 720 g/mol. The number of rotatable bonds is 12. The van der Waals surface area contributed by atoms with Crippen molar-refractivity contribution in [2.45, 2.75) is 24.0 Å². The maximum Gasteiger partial charge on any atom is 0.243 e. The molecule has 15 heteroatoms. The predicted octanol–water partition coefficient (Wildman–Crippen LogP) is 3.65. The summed E-state index contributed by atoms with van der Waals surface area (Å²) < 4.78 is 65.7. The van der Waals surface area contributed by atoms with Gasteiger partial charge in [0.05, 0.1) is 11.4 Å². The van der Waals surface area contributed by atoms with Crippen molar-refractivity contribution in [2.75, 3.05) is 50.8 Å². The largest absolute Gasteiger partial charge is 0.492 e. The number of piperazine rings is 1. The number of aliphatic hydroxyl groups is 1. The summed E-state index contributed by atoms with van der Waals surface area (Å²) in [6.45, 7) is 2.96. The molecule has 5 rings (SSSR count). The molecule has 244 valence electrons. The number of carbonyl (C=O) groups is 1. The van der Waals surface area contributed by atoms with Crippen molar-refractivity contribution in [1.29, 1.82) is 0 Å². The molecule has 1 N–H and O–H groups in total. The molecule has 3 aromatic carbocycles. The molecule has 4 aromatic rings. The van der Waals surface area contributed by atoms with Gasteiger partial charge in [0.25, 0.3) is 0 Å². The third-order valence-corrected chi connectivity index (χ3v) is 10.1. The van der Waals surface area contributed by atoms with Gasteiger partial charge in [-0.2, -0.15) is 9.40 Å². The Balaban J connectivity index is 1.37. The van der Waals surface area contributed by atoms with Gasteiger partial charge in [0.15, 0.2) is 0 Å². The minimum Gasteiger partial charge on any atom is -0.492 e. The van der Waals surface area contributed by atoms with E-state index in [1.807, 2.05) is 12.1 Å². The molecule has 1 saturated heterocycles. The Bertz CT molecular complexity index is 1740. The lowest BCUT2D eigenvalue weighted by molar-refractivity contribution is -0.129. The average Bonchev–Trinajstić information content (AvgIpc) is 3.54. The van der Waals surface area contributed by atoms with Crippen LogP contribution in [0, 0.1) is 11.6 Å². The lowest BCUT2D eigenvalue weighted by Gasteiger charge is -2.35. The van der Waals surface area contributed by atoms with Crippen LogP contribution in [0.25, 0.3) is 0 Å². The van der Waals surface area contributed by atoms with Crippen LogP contribution in [0.3, 0.4) is 0 Å². The van der Waals surface area contributed by atoms with Crippen LogP contribution >= 0.6 is 15.9 Å². The van der Waals surface area contributed by atoms with Crippen molar-refractivity contribution < 1.29 is 31.8 Å². The molecule has 1 unspecified atom stereocenters. The van der Waals surface area contributed by atoms with Crippen LogP contribution < -0.4 is 9.64 Å². The lowest BCUT2D eigenvalue weighted by Crippen LogP contribution is -2.48. The Morgan fingerprint density at radius 1 is 1.04 bits per heavy atom. The quantitative estimate of drug-likeness (QED) is 0.236. The van der Waals surface area contributed by atoms with Gasteiger partial charge in [0.2, 0.25) is 15.9 Å². The number of sulfonamides is 1. The van der Waals surface area contributed by atoms with Gasteiger partial charge in [-0.3, -0.25) is 4.79 Å². The zero-order valence-corrected chi connectivity index (χ0v) is 27.4. The Kier molecular flexibility index (Phi) is 10.4. The smallest absolute Gasteiger partial charge is 0.243 e. The third-order valence-electron chi connectivity index (χ3n) is 7.75. The van der Waals surface area contributed by atoms with Gasteiger partial charge in [-0.1, -0.05) is 22.0 Å². The van der Waals surface area contributed by atoms with E-state index in [-0.39, 0.29) is 36.1 Å². The van der Waals surface area contributed by atoms with E-state index < -0.39 is 33.8 Å². The molecule has 1 amide bonds. The van der Waals surface area contributed by atoms with E-state index in [2.05, 4.69) is 30.9 Å². The molecular weight excluding hydrogens is 686 g/mol. The number of benzene rings is 3. The fourth-order valence-electron chi connectivity index (χ4n) is 5.30. The summed E-state index contributed by atoms with van der Waals surface area (Å²) in [5, 5.41) is 15.9. The number of amides is 1. The van der Waals surface area contributed by atoms with E-state index >= 15 is 4.39 Å². The molecule has 0 spiro atoms. The van der Waals surface area contributed by atoms with E-state index in [1.165, 1.54) is 29.5 Å². The molecule has 0 aliphatic carbocycles. The van der Waals surface area contributed by atoms with Crippen LogP contribution in [-0.2, 0) is 27.0 Å². The molecule has 1 aliphatic heterocycles. The zero-order chi connectivity index (χ0) is 32.9. The van der Waals surface area contributed by atoms with Crippen LogP contribution in [-0.4, -0.2) is 89.3 Å². The van der Waals surface area contributed by atoms with Gasteiger partial charge in [-0.25, -0.2) is 26.9 Å². The second-order valence-electron chi connectivity index (χ2n) is 10.9. The number of nitrogens with zero attached hydrogens (tertiary/aromatic N) is 6. The standard InChI is InChI=1S/C31H33BrF2N6O5S/c1-23(41)37-12-14-38(15-13-37)26-5-7-27(8-6-26)45-17-16-40(46(43,44)28-9-2-24(32)3-10-28)20-31(42,19-39-22-35-21-36-39)29-11-4-25(33)18-30(29)34/h2-11,18,21-22,42H,12-17,19-20H2,1H3. The molecular formula is C31H33BrF2N6O5S. The Labute approximate surface area is 274 Å². The summed E-state index contributed by atoms with van der Waals surface area (Å²) in [6.07, 6.45) is 2.53. The maximum atomic E-state index is 15.1. The number of hydrogen-bond acceptors (Lipinski definition) is 8. The summed E-state index contributed by atoms with van der Waals surface area (Å²) in [5.74, 6) is -1.34. The summed E-state index contributed by atoms with van der Waals surface area (Å²) >= 11 is 3.31. The number of hydrogen-bond donors (Lipinski definition) is 1. The molecule has 1 atom stereocenters. The minimum atomic E-state index is -4.25. The number of ether oxygens (including phenoxy) is 1. The van der Waals surface area contributed by atoms with E-state index in [1.54, 1.807) is 36.1 Å². The van der Waals surface area contributed by atoms with Crippen LogP contribution in [0.15, 0.2) is 88.8 Å². The number of carbonyl (C=O) groups excluding carboxylic acids is 1. The van der Waals surface area contributed by atoms with Gasteiger partial charge >= 0.3 is 0 Å². The molecule has 0 saturated carbocycles. The molecule has 2 heterocycles. The predicted molar refractivity (Wildman–Crippen MR) is 170 cm³/mol. The van der Waals surface area contributed by atoms with E-state index in [4.69, 9.17) is 4.74 Å². The zero-order valence-electron chi connectivity index (χ0n) is 25.0. The summed E-state index contributed by atoms with van der Waals surface area (Å²) in [5.41, 5.74) is -1.52. The topological polar surface area (TPSA) is 121 Å². The number of anilines is 1. The van der Waals surface area contributed by atoms with Crippen molar-refractivity contribution in [1.82, 2.24) is 24.0 Å². The summed E-state index contributed by atoms with van der Waals surface area (Å²) in [6, 6.07) is 16.0. The highest BCUT2D eigenvalue weighted by Gasteiger charge is 2.39. The summed E-state index contributed by atoms with van der Waals surface area (Å²) in [4.78, 5) is 19.4. The second-order valence-corrected chi connectivity index (χ2v) is 13.7. The number of aromatic nitrogens is 3. The maximum absolute atomic E-state index is 15.1. The Morgan fingerprint density at radius 2 is 1.74 bits per heavy atom. The van der Waals surface area contributed by atoms with Gasteiger partial charge in [-0.15, -0.1) is 0 Å². The van der Waals surface area contributed by atoms with Gasteiger partial charge in [-0.05, 0) is 54.6 Å². The van der Waals surface area contributed by atoms with Crippen LogP contribution in [0.5, 0.6) is 5.75 Å². The SMILES string of the molecule is CC(=O)N1CCN(c2ccc(OCCN(CC(O)(Cn3cncn3)c3ccc(F)cc3F)S(=O)(=O)c3ccc(Br)cc3)cc2)CC1. The van der Waals surface area contributed by atoms with Gasteiger partial charge in [0, 0.05) is 68.0 Å². The Hall–Kier alpha value is -3.92. The monoisotopic (exact) mass is 718 g/mol. The van der Waals surface area contributed by atoms with Crippen LogP contribution in [0.1, 0.15) is 12.5 Å². The van der Waals surface area contributed by atoms with E-state index in [0.717, 1.165) is 22.1 Å². The highest BCUT2D eigenvalue weighted by Crippen LogP contribution is 2.30. The third kappa shape index (κ3) is 7.89. The van der Waals surface area contributed by atoms with Crippen molar-refractivity contribution >= 4 is 37.5 Å². The molecule has 0 radical (unpaired) electrons. The highest BCUT2D eigenvalue weighted by molar-refractivity contribution is 9.10. The molecule has 1 aliphatic rings. The van der Waals surface area contributed by atoms with E-state index in [0.29, 0.717) is 42.5 Å². The van der Waals surface area contributed by atoms with Crippen LogP contribution in [0.4, 0.5) is 14.5 Å². The summed E-state index contributed by atoms with van der Waals surface area (Å²) in [7, 11) is -4.25. The van der Waals surface area contributed by atoms with Crippen molar-refractivity contribution in [2.24, 2.45) is 0 Å². The fraction of sp³-hybridized carbons (Fsp3) is 0.323. The van der Waals surface area contributed by atoms with Gasteiger partial charge in [0.1, 0.15) is 42.2 Å². The highest BCUT2D eigenvalue weighted by atomic mass is 79.9. The normalized spacial score (nSPS) is 15.2. The molecule has 0 bridgehead atoms. The molecule has 11 nitrogen and oxygen atoms in total. The fourth-order valence-corrected chi connectivity index (χ4v) is 7.04. The van der Waals surface area contributed by atoms with Crippen LogP contribution in [0.2, 0.25) is 0 Å². The first-order valence-corrected chi connectivity index (χ1v) is 16.7. The molecule has 46 heavy (non-hydrogen) atoms. The minimum absolute atomic E-state index is 0.0485. The first kappa shape index (κ1) is 33.4. The molecule has 1 aromatic heterocycles. The second kappa shape index (κ2) is 14.2. The van der Waals surface area contributed by atoms with E-state index in [9.17, 15) is 22.7 Å².